The monoisotopic (exact) mass is 433 g/mol. The van der Waals surface area contributed by atoms with Crippen LogP contribution in [-0.2, 0) is 4.79 Å². The van der Waals surface area contributed by atoms with Gasteiger partial charge in [0.15, 0.2) is 5.75 Å². The number of ether oxygens (including phenoxy) is 3. The average Bonchev–Trinajstić information content (AvgIpc) is 3.11. The van der Waals surface area contributed by atoms with E-state index in [4.69, 9.17) is 18.7 Å². The van der Waals surface area contributed by atoms with Gasteiger partial charge in [-0.2, -0.15) is 0 Å². The summed E-state index contributed by atoms with van der Waals surface area (Å²) in [4.78, 5) is 16.1. The van der Waals surface area contributed by atoms with Crippen LogP contribution in [0.4, 0.5) is 5.69 Å². The fraction of sp³-hybridized carbons (Fsp3) is 0.208. The van der Waals surface area contributed by atoms with E-state index in [1.54, 1.807) is 31.5 Å². The van der Waals surface area contributed by atoms with Crippen molar-refractivity contribution in [2.24, 2.45) is 0 Å². The third-order valence-electron chi connectivity index (χ3n) is 5.16. The minimum absolute atomic E-state index is 0.218. The SMILES string of the molecule is COc1ccc2c(Oc3ccc(NC(C)=O)c(OC)c3-c3noc(C)c3C)ccnc2c1. The van der Waals surface area contributed by atoms with E-state index in [0.29, 0.717) is 45.7 Å². The Bertz CT molecular complexity index is 1310. The molecule has 4 aromatic rings. The summed E-state index contributed by atoms with van der Waals surface area (Å²) in [6, 6.07) is 10.9. The third-order valence-corrected chi connectivity index (χ3v) is 5.16. The largest absolute Gasteiger partial charge is 0.497 e. The highest BCUT2D eigenvalue weighted by Gasteiger charge is 2.24. The Morgan fingerprint density at radius 3 is 2.50 bits per heavy atom. The molecule has 2 heterocycles. The first-order valence-corrected chi connectivity index (χ1v) is 9.95. The van der Waals surface area contributed by atoms with Gasteiger partial charge >= 0.3 is 0 Å². The van der Waals surface area contributed by atoms with E-state index >= 15 is 0 Å². The van der Waals surface area contributed by atoms with Gasteiger partial charge in [-0.25, -0.2) is 0 Å². The van der Waals surface area contributed by atoms with Crippen LogP contribution in [0.1, 0.15) is 18.2 Å². The predicted molar refractivity (Wildman–Crippen MR) is 121 cm³/mol. The van der Waals surface area contributed by atoms with E-state index < -0.39 is 0 Å². The first-order chi connectivity index (χ1) is 15.4. The Morgan fingerprint density at radius 2 is 1.84 bits per heavy atom. The topological polar surface area (TPSA) is 95.7 Å². The molecule has 0 radical (unpaired) electrons. The number of carbonyl (C=O) groups is 1. The molecule has 8 heteroatoms. The number of nitrogens with one attached hydrogen (secondary N) is 1. The summed E-state index contributed by atoms with van der Waals surface area (Å²) in [7, 11) is 3.14. The molecule has 0 aliphatic rings. The molecule has 2 aromatic heterocycles. The summed E-state index contributed by atoms with van der Waals surface area (Å²) in [6.07, 6.45) is 1.67. The van der Waals surface area contributed by atoms with Gasteiger partial charge in [0.1, 0.15) is 28.7 Å². The van der Waals surface area contributed by atoms with Crippen LogP contribution in [0.5, 0.6) is 23.0 Å². The molecule has 2 aromatic carbocycles. The van der Waals surface area contributed by atoms with Crippen molar-refractivity contribution >= 4 is 22.5 Å². The molecule has 0 fully saturated rings. The van der Waals surface area contributed by atoms with Crippen molar-refractivity contribution in [3.05, 3.63) is 53.9 Å². The van der Waals surface area contributed by atoms with Crippen molar-refractivity contribution in [2.75, 3.05) is 19.5 Å². The van der Waals surface area contributed by atoms with Crippen molar-refractivity contribution in [1.82, 2.24) is 10.1 Å². The first-order valence-electron chi connectivity index (χ1n) is 9.95. The zero-order chi connectivity index (χ0) is 22.8. The second kappa shape index (κ2) is 8.58. The molecule has 0 atom stereocenters. The third kappa shape index (κ3) is 3.82. The number of pyridine rings is 1. The Morgan fingerprint density at radius 1 is 1.03 bits per heavy atom. The van der Waals surface area contributed by atoms with Gasteiger partial charge in [-0.15, -0.1) is 0 Å². The molecular weight excluding hydrogens is 410 g/mol. The number of methoxy groups -OCH3 is 2. The number of fused-ring (bicyclic) bond motifs is 1. The smallest absolute Gasteiger partial charge is 0.221 e. The second-order valence-corrected chi connectivity index (χ2v) is 7.21. The Kier molecular flexibility index (Phi) is 5.68. The summed E-state index contributed by atoms with van der Waals surface area (Å²) >= 11 is 0. The molecule has 8 nitrogen and oxygen atoms in total. The number of nitrogens with zero attached hydrogens (tertiary/aromatic N) is 2. The minimum Gasteiger partial charge on any atom is -0.497 e. The normalized spacial score (nSPS) is 10.8. The van der Waals surface area contributed by atoms with Gasteiger partial charge in [-0.1, -0.05) is 5.16 Å². The summed E-state index contributed by atoms with van der Waals surface area (Å²) < 4.78 is 22.7. The van der Waals surface area contributed by atoms with Crippen molar-refractivity contribution in [2.45, 2.75) is 20.8 Å². The van der Waals surface area contributed by atoms with E-state index in [2.05, 4.69) is 15.5 Å². The molecular formula is C24H23N3O5. The molecule has 0 aliphatic carbocycles. The fourth-order valence-corrected chi connectivity index (χ4v) is 3.46. The number of anilines is 1. The number of benzene rings is 2. The summed E-state index contributed by atoms with van der Waals surface area (Å²) in [6.45, 7) is 5.18. The van der Waals surface area contributed by atoms with Gasteiger partial charge in [0.05, 0.1) is 31.0 Å². The molecule has 0 aliphatic heterocycles. The molecule has 1 N–H and O–H groups in total. The lowest BCUT2D eigenvalue weighted by Gasteiger charge is -2.18. The Labute approximate surface area is 185 Å². The van der Waals surface area contributed by atoms with Crippen molar-refractivity contribution < 1.29 is 23.5 Å². The van der Waals surface area contributed by atoms with Crippen molar-refractivity contribution in [3.63, 3.8) is 0 Å². The van der Waals surface area contributed by atoms with Gasteiger partial charge in [0.25, 0.3) is 0 Å². The molecule has 0 bridgehead atoms. The molecule has 0 spiro atoms. The van der Waals surface area contributed by atoms with Gasteiger partial charge in [0, 0.05) is 30.1 Å². The van der Waals surface area contributed by atoms with Gasteiger partial charge in [-0.3, -0.25) is 9.78 Å². The minimum atomic E-state index is -0.218. The number of rotatable bonds is 6. The highest BCUT2D eigenvalue weighted by molar-refractivity contribution is 5.94. The molecule has 4 rings (SSSR count). The first kappa shape index (κ1) is 21.2. The summed E-state index contributed by atoms with van der Waals surface area (Å²) in [5.74, 6) is 2.69. The molecule has 1 amide bonds. The lowest BCUT2D eigenvalue weighted by Crippen LogP contribution is -2.08. The summed E-state index contributed by atoms with van der Waals surface area (Å²) in [5, 5.41) is 7.83. The standard InChI is InChI=1S/C24H23N3O5/c1-13-14(2)32-27-23(13)22-21(9-8-18(24(22)30-5)26-15(3)28)31-20-10-11-25-19-12-16(29-4)6-7-17(19)20/h6-12H,1-5H3,(H,26,28). The number of aromatic nitrogens is 2. The van der Waals surface area contributed by atoms with Gasteiger partial charge in [-0.05, 0) is 44.2 Å². The van der Waals surface area contributed by atoms with Crippen molar-refractivity contribution in [3.8, 4) is 34.3 Å². The molecule has 0 saturated carbocycles. The number of hydrogen-bond acceptors (Lipinski definition) is 7. The van der Waals surface area contributed by atoms with Crippen LogP contribution in [0.3, 0.4) is 0 Å². The van der Waals surface area contributed by atoms with Gasteiger partial charge < -0.3 is 24.1 Å². The predicted octanol–water partition coefficient (Wildman–Crippen LogP) is 5.27. The number of amides is 1. The van der Waals surface area contributed by atoms with Crippen LogP contribution in [-0.4, -0.2) is 30.3 Å². The zero-order valence-corrected chi connectivity index (χ0v) is 18.5. The van der Waals surface area contributed by atoms with E-state index in [9.17, 15) is 4.79 Å². The molecule has 164 valence electrons. The molecule has 0 unspecified atom stereocenters. The lowest BCUT2D eigenvalue weighted by molar-refractivity contribution is -0.114. The maximum Gasteiger partial charge on any atom is 0.221 e. The quantitative estimate of drug-likeness (QED) is 0.442. The van der Waals surface area contributed by atoms with Crippen LogP contribution in [0.15, 0.2) is 47.1 Å². The average molecular weight is 433 g/mol. The van der Waals surface area contributed by atoms with E-state index in [-0.39, 0.29) is 5.91 Å². The van der Waals surface area contributed by atoms with Crippen LogP contribution < -0.4 is 19.5 Å². The highest BCUT2D eigenvalue weighted by atomic mass is 16.5. The van der Waals surface area contributed by atoms with Crippen molar-refractivity contribution in [1.29, 1.82) is 0 Å². The van der Waals surface area contributed by atoms with Crippen LogP contribution in [0.2, 0.25) is 0 Å². The van der Waals surface area contributed by atoms with Crippen LogP contribution in [0.25, 0.3) is 22.2 Å². The number of hydrogen-bond donors (Lipinski definition) is 1. The number of aryl methyl sites for hydroxylation is 1. The van der Waals surface area contributed by atoms with E-state index in [1.165, 1.54) is 14.0 Å². The Hall–Kier alpha value is -4.07. The maximum absolute atomic E-state index is 11.7. The lowest BCUT2D eigenvalue weighted by atomic mass is 10.0. The van der Waals surface area contributed by atoms with Crippen LogP contribution in [0, 0.1) is 13.8 Å². The maximum atomic E-state index is 11.7. The highest BCUT2D eigenvalue weighted by Crippen LogP contribution is 2.46. The Balaban J connectivity index is 1.90. The van der Waals surface area contributed by atoms with Crippen LogP contribution >= 0.6 is 0 Å². The van der Waals surface area contributed by atoms with E-state index in [0.717, 1.165) is 16.5 Å². The fourth-order valence-electron chi connectivity index (χ4n) is 3.46. The van der Waals surface area contributed by atoms with E-state index in [1.807, 2.05) is 32.0 Å². The second-order valence-electron chi connectivity index (χ2n) is 7.21. The molecule has 0 saturated heterocycles. The summed E-state index contributed by atoms with van der Waals surface area (Å²) in [5.41, 5.74) is 3.23. The van der Waals surface area contributed by atoms with Gasteiger partial charge in [0.2, 0.25) is 5.91 Å². The number of carbonyl (C=O) groups excluding carboxylic acids is 1. The zero-order valence-electron chi connectivity index (χ0n) is 18.5. The molecule has 32 heavy (non-hydrogen) atoms.